The van der Waals surface area contributed by atoms with Crippen molar-refractivity contribution in [2.45, 2.75) is 45.6 Å². The van der Waals surface area contributed by atoms with E-state index >= 15 is 0 Å². The van der Waals surface area contributed by atoms with Gasteiger partial charge in [0.25, 0.3) is 0 Å². The quantitative estimate of drug-likeness (QED) is 0.745. The van der Waals surface area contributed by atoms with Crippen molar-refractivity contribution in [2.75, 3.05) is 5.73 Å². The van der Waals surface area contributed by atoms with Crippen LogP contribution in [0, 0.1) is 0 Å². The number of nitrogen functional groups attached to an aromatic ring is 1. The molecule has 0 aliphatic heterocycles. The van der Waals surface area contributed by atoms with Crippen LogP contribution in [0.2, 0.25) is 0 Å². The van der Waals surface area contributed by atoms with Crippen molar-refractivity contribution in [1.29, 1.82) is 0 Å². The van der Waals surface area contributed by atoms with Gasteiger partial charge < -0.3 is 10.8 Å². The van der Waals surface area contributed by atoms with E-state index in [9.17, 15) is 5.11 Å². The normalized spacial score (nSPS) is 11.7. The molecule has 3 N–H and O–H groups in total. The van der Waals surface area contributed by atoms with Crippen molar-refractivity contribution in [3.63, 3.8) is 0 Å². The third-order valence-corrected chi connectivity index (χ3v) is 2.62. The maximum Gasteiger partial charge on any atom is 0.0595 e. The molecule has 1 rings (SSSR count). The van der Waals surface area contributed by atoms with Crippen LogP contribution in [-0.2, 0) is 12.8 Å². The summed E-state index contributed by atoms with van der Waals surface area (Å²) in [6.07, 6.45) is 2.60. The third-order valence-electron chi connectivity index (χ3n) is 2.62. The van der Waals surface area contributed by atoms with Gasteiger partial charge in [-0.2, -0.15) is 0 Å². The summed E-state index contributed by atoms with van der Waals surface area (Å²) >= 11 is 0. The highest BCUT2D eigenvalue weighted by atomic mass is 16.3. The van der Waals surface area contributed by atoms with E-state index in [1.165, 1.54) is 5.56 Å². The van der Waals surface area contributed by atoms with Crippen LogP contribution >= 0.6 is 0 Å². The summed E-state index contributed by atoms with van der Waals surface area (Å²) in [7, 11) is 0. The Kier molecular flexibility index (Phi) is 3.75. The molecular weight excluding hydrogens is 186 g/mol. The fourth-order valence-electron chi connectivity index (χ4n) is 1.54. The zero-order valence-electron chi connectivity index (χ0n) is 9.88. The predicted molar refractivity (Wildman–Crippen MR) is 64.9 cm³/mol. The van der Waals surface area contributed by atoms with E-state index in [-0.39, 0.29) is 0 Å². The lowest BCUT2D eigenvalue weighted by atomic mass is 9.96. The minimum absolute atomic E-state index is 0.616. The number of benzene rings is 1. The van der Waals surface area contributed by atoms with Gasteiger partial charge in [-0.3, -0.25) is 0 Å². The highest BCUT2D eigenvalue weighted by molar-refractivity contribution is 5.48. The average molecular weight is 207 g/mol. The minimum atomic E-state index is -0.616. The molecule has 2 heteroatoms. The second kappa shape index (κ2) is 4.67. The lowest BCUT2D eigenvalue weighted by Gasteiger charge is -2.17. The minimum Gasteiger partial charge on any atom is -0.399 e. The van der Waals surface area contributed by atoms with E-state index < -0.39 is 5.60 Å². The van der Waals surface area contributed by atoms with Gasteiger partial charge in [0.1, 0.15) is 0 Å². The first-order chi connectivity index (χ1) is 6.92. The largest absolute Gasteiger partial charge is 0.399 e. The van der Waals surface area contributed by atoms with Crippen LogP contribution in [0.3, 0.4) is 0 Å². The molecule has 1 aromatic rings. The molecule has 2 nitrogen and oxygen atoms in total. The molecule has 0 aliphatic carbocycles. The molecule has 0 aromatic heterocycles. The van der Waals surface area contributed by atoms with Crippen molar-refractivity contribution in [3.05, 3.63) is 29.3 Å². The van der Waals surface area contributed by atoms with E-state index in [0.717, 1.165) is 30.5 Å². The van der Waals surface area contributed by atoms with Crippen LogP contribution in [0.15, 0.2) is 18.2 Å². The molecule has 0 radical (unpaired) electrons. The standard InChI is InChI=1S/C13H21NO/c1-4-10-5-6-12(14)11(9-10)7-8-13(2,3)15/h5-6,9,15H,4,7-8,14H2,1-3H3. The molecule has 0 bridgehead atoms. The number of hydrogen-bond acceptors (Lipinski definition) is 2. The fraction of sp³-hybridized carbons (Fsp3) is 0.538. The summed E-state index contributed by atoms with van der Waals surface area (Å²) in [4.78, 5) is 0. The number of aliphatic hydroxyl groups is 1. The Morgan fingerprint density at radius 2 is 2.00 bits per heavy atom. The number of anilines is 1. The molecule has 0 aliphatic rings. The van der Waals surface area contributed by atoms with E-state index in [1.54, 1.807) is 0 Å². The first-order valence-electron chi connectivity index (χ1n) is 5.52. The summed E-state index contributed by atoms with van der Waals surface area (Å²) < 4.78 is 0. The Morgan fingerprint density at radius 3 is 2.53 bits per heavy atom. The number of nitrogens with two attached hydrogens (primary N) is 1. The zero-order valence-corrected chi connectivity index (χ0v) is 9.88. The topological polar surface area (TPSA) is 46.2 Å². The van der Waals surface area contributed by atoms with Crippen LogP contribution in [0.5, 0.6) is 0 Å². The molecule has 0 unspecified atom stereocenters. The molecule has 0 spiro atoms. The van der Waals surface area contributed by atoms with Gasteiger partial charge in [0, 0.05) is 5.69 Å². The molecule has 0 heterocycles. The molecule has 0 atom stereocenters. The van der Waals surface area contributed by atoms with E-state index in [1.807, 2.05) is 19.9 Å². The second-order valence-corrected chi connectivity index (χ2v) is 4.70. The summed E-state index contributed by atoms with van der Waals surface area (Å²) in [5.41, 5.74) is 8.56. The van der Waals surface area contributed by atoms with Gasteiger partial charge in [-0.25, -0.2) is 0 Å². The van der Waals surface area contributed by atoms with E-state index in [0.29, 0.717) is 0 Å². The first-order valence-corrected chi connectivity index (χ1v) is 5.52. The van der Waals surface area contributed by atoms with Gasteiger partial charge in [-0.1, -0.05) is 19.1 Å². The summed E-state index contributed by atoms with van der Waals surface area (Å²) in [6.45, 7) is 5.78. The second-order valence-electron chi connectivity index (χ2n) is 4.70. The summed E-state index contributed by atoms with van der Waals surface area (Å²) in [5, 5.41) is 9.66. The van der Waals surface area contributed by atoms with Crippen molar-refractivity contribution < 1.29 is 5.11 Å². The molecule has 0 saturated heterocycles. The molecule has 15 heavy (non-hydrogen) atoms. The van der Waals surface area contributed by atoms with Gasteiger partial charge in [-0.15, -0.1) is 0 Å². The Morgan fingerprint density at radius 1 is 1.33 bits per heavy atom. The fourth-order valence-corrected chi connectivity index (χ4v) is 1.54. The molecule has 0 amide bonds. The maximum atomic E-state index is 9.66. The van der Waals surface area contributed by atoms with Gasteiger partial charge in [-0.05, 0) is 50.3 Å². The van der Waals surface area contributed by atoms with Crippen molar-refractivity contribution in [1.82, 2.24) is 0 Å². The van der Waals surface area contributed by atoms with Crippen molar-refractivity contribution >= 4 is 5.69 Å². The van der Waals surface area contributed by atoms with Gasteiger partial charge in [0.05, 0.1) is 5.60 Å². The lowest BCUT2D eigenvalue weighted by molar-refractivity contribution is 0.0714. The molecule has 0 saturated carbocycles. The van der Waals surface area contributed by atoms with Crippen molar-refractivity contribution in [3.8, 4) is 0 Å². The molecule has 84 valence electrons. The van der Waals surface area contributed by atoms with Crippen LogP contribution in [0.4, 0.5) is 5.69 Å². The van der Waals surface area contributed by atoms with Gasteiger partial charge in [0.15, 0.2) is 0 Å². The Balaban J connectivity index is 2.75. The van der Waals surface area contributed by atoms with Crippen LogP contribution in [-0.4, -0.2) is 10.7 Å². The van der Waals surface area contributed by atoms with Crippen LogP contribution in [0.25, 0.3) is 0 Å². The van der Waals surface area contributed by atoms with Crippen LogP contribution < -0.4 is 5.73 Å². The molecule has 0 fully saturated rings. The van der Waals surface area contributed by atoms with Gasteiger partial charge >= 0.3 is 0 Å². The maximum absolute atomic E-state index is 9.66. The Bertz CT molecular complexity index is 326. The predicted octanol–water partition coefficient (Wildman–Crippen LogP) is 2.53. The van der Waals surface area contributed by atoms with Gasteiger partial charge in [0.2, 0.25) is 0 Å². The molecule has 1 aromatic carbocycles. The smallest absolute Gasteiger partial charge is 0.0595 e. The van der Waals surface area contributed by atoms with Crippen LogP contribution in [0.1, 0.15) is 38.3 Å². The van der Waals surface area contributed by atoms with E-state index in [2.05, 4.69) is 19.1 Å². The molecular formula is C13H21NO. The number of hydrogen-bond donors (Lipinski definition) is 2. The van der Waals surface area contributed by atoms with E-state index in [4.69, 9.17) is 5.73 Å². The summed E-state index contributed by atoms with van der Waals surface area (Å²) in [5.74, 6) is 0. The monoisotopic (exact) mass is 207 g/mol. The average Bonchev–Trinajstić information content (AvgIpc) is 2.15. The summed E-state index contributed by atoms with van der Waals surface area (Å²) in [6, 6.07) is 6.16. The highest BCUT2D eigenvalue weighted by Gasteiger charge is 2.13. The zero-order chi connectivity index (χ0) is 11.5. The SMILES string of the molecule is CCc1ccc(N)c(CCC(C)(C)O)c1. The Hall–Kier alpha value is -1.02. The van der Waals surface area contributed by atoms with Crippen molar-refractivity contribution in [2.24, 2.45) is 0 Å². The number of aryl methyl sites for hydroxylation is 2. The lowest BCUT2D eigenvalue weighted by Crippen LogP contribution is -2.19. The highest BCUT2D eigenvalue weighted by Crippen LogP contribution is 2.19. The first kappa shape index (κ1) is 12.1. The number of rotatable bonds is 4. The Labute approximate surface area is 92.1 Å². The third kappa shape index (κ3) is 3.92.